The Balaban J connectivity index is 1.35. The van der Waals surface area contributed by atoms with Gasteiger partial charge in [-0.05, 0) is 63.0 Å². The number of ether oxygens (including phenoxy) is 2. The third-order valence-electron chi connectivity index (χ3n) is 9.18. The van der Waals surface area contributed by atoms with Crippen LogP contribution >= 0.6 is 0 Å². The summed E-state index contributed by atoms with van der Waals surface area (Å²) >= 11 is 0. The van der Waals surface area contributed by atoms with Gasteiger partial charge >= 0.3 is 5.97 Å². The summed E-state index contributed by atoms with van der Waals surface area (Å²) in [4.78, 5) is 26.5. The number of aliphatic hydroxyl groups excluding tert-OH is 1. The Kier molecular flexibility index (Phi) is 4.72. The van der Waals surface area contributed by atoms with Crippen LogP contribution in [-0.4, -0.2) is 71.0 Å². The molecule has 2 bridgehead atoms. The lowest BCUT2D eigenvalue weighted by Gasteiger charge is -2.67. The number of carbonyl (C=O) groups is 2. The quantitative estimate of drug-likeness (QED) is 0.426. The van der Waals surface area contributed by atoms with Crippen LogP contribution in [0.5, 0.6) is 0 Å². The summed E-state index contributed by atoms with van der Waals surface area (Å²) in [5.74, 6) is 0.589. The highest BCUT2D eigenvalue weighted by Gasteiger charge is 2.77. The normalized spacial score (nSPS) is 43.3. The summed E-state index contributed by atoms with van der Waals surface area (Å²) in [7, 11) is 1.26. The van der Waals surface area contributed by atoms with E-state index in [1.807, 2.05) is 0 Å². The van der Waals surface area contributed by atoms with E-state index in [1.54, 1.807) is 6.08 Å². The zero-order valence-corrected chi connectivity index (χ0v) is 18.9. The second-order valence-corrected chi connectivity index (χ2v) is 10.7. The summed E-state index contributed by atoms with van der Waals surface area (Å²) < 4.78 is 11.0. The molecule has 1 amide bonds. The topological polar surface area (TPSA) is 108 Å². The maximum Gasteiger partial charge on any atom is 0.330 e. The number of hydrogen-bond acceptors (Lipinski definition) is 7. The Morgan fingerprint density at radius 1 is 1.30 bits per heavy atom. The fraction of sp³-hybridized carbons (Fsp3) is 0.680. The fourth-order valence-electron chi connectivity index (χ4n) is 7.68. The lowest BCUT2D eigenvalue weighted by Crippen LogP contribution is -2.78. The standard InChI is InChI=1S/C25H32N2O6/c1-32-20(30)7-6-19(29)26-16-8-9-25(31)18-12-15-4-5-17(28)22-21(15)24(25,23(16)33-22)10-11-27(18)13-14-2-3-14/h4-7,14-16,18,21,23,28,31H,2-3,8-13H2,1H3,(H,26,29)/b7-6+/t15?,16-,18-,21?,23+,24+,25-/m1/s1. The van der Waals surface area contributed by atoms with Crippen molar-refractivity contribution in [1.29, 1.82) is 0 Å². The molecule has 7 atom stereocenters. The number of aliphatic hydroxyl groups is 2. The van der Waals surface area contributed by atoms with Gasteiger partial charge in [0.2, 0.25) is 5.91 Å². The van der Waals surface area contributed by atoms with Crippen molar-refractivity contribution in [3.63, 3.8) is 0 Å². The predicted molar refractivity (Wildman–Crippen MR) is 118 cm³/mol. The number of allylic oxidation sites excluding steroid dienone is 3. The lowest BCUT2D eigenvalue weighted by atomic mass is 9.43. The van der Waals surface area contributed by atoms with Gasteiger partial charge in [0.15, 0.2) is 5.76 Å². The summed E-state index contributed by atoms with van der Waals surface area (Å²) in [6.45, 7) is 1.94. The number of rotatable bonds is 5. The van der Waals surface area contributed by atoms with E-state index in [2.05, 4.69) is 21.0 Å². The Bertz CT molecular complexity index is 970. The van der Waals surface area contributed by atoms with E-state index in [4.69, 9.17) is 4.74 Å². The zero-order valence-electron chi connectivity index (χ0n) is 18.9. The van der Waals surface area contributed by atoms with Crippen molar-refractivity contribution >= 4 is 11.9 Å². The van der Waals surface area contributed by atoms with Crippen LogP contribution in [0, 0.1) is 23.2 Å². The monoisotopic (exact) mass is 456 g/mol. The van der Waals surface area contributed by atoms with Crippen LogP contribution in [0.3, 0.4) is 0 Å². The van der Waals surface area contributed by atoms with Gasteiger partial charge in [0, 0.05) is 30.7 Å². The third kappa shape index (κ3) is 2.96. The highest BCUT2D eigenvalue weighted by atomic mass is 16.5. The minimum absolute atomic E-state index is 0.0549. The summed E-state index contributed by atoms with van der Waals surface area (Å²) in [5, 5.41) is 26.1. The van der Waals surface area contributed by atoms with Crippen molar-refractivity contribution in [3.05, 3.63) is 35.8 Å². The van der Waals surface area contributed by atoms with Crippen molar-refractivity contribution in [3.8, 4) is 0 Å². The van der Waals surface area contributed by atoms with Crippen LogP contribution in [0.2, 0.25) is 0 Å². The molecule has 2 aliphatic heterocycles. The molecule has 2 saturated heterocycles. The number of hydrogen-bond donors (Lipinski definition) is 3. The van der Waals surface area contributed by atoms with E-state index < -0.39 is 29.0 Å². The number of nitrogens with zero attached hydrogens (tertiary/aromatic N) is 1. The van der Waals surface area contributed by atoms with Gasteiger partial charge in [0.05, 0.1) is 24.2 Å². The number of methoxy groups -OCH3 is 1. The van der Waals surface area contributed by atoms with E-state index >= 15 is 0 Å². The third-order valence-corrected chi connectivity index (χ3v) is 9.18. The Hall–Kier alpha value is -2.32. The number of carbonyl (C=O) groups excluding carboxylic acids is 2. The molecule has 0 aromatic heterocycles. The molecule has 8 nitrogen and oxygen atoms in total. The van der Waals surface area contributed by atoms with Crippen molar-refractivity contribution in [2.75, 3.05) is 20.2 Å². The fourth-order valence-corrected chi connectivity index (χ4v) is 7.68. The van der Waals surface area contributed by atoms with Crippen LogP contribution in [0.4, 0.5) is 0 Å². The molecule has 5 fully saturated rings. The van der Waals surface area contributed by atoms with Crippen molar-refractivity contribution in [2.45, 2.75) is 62.3 Å². The van der Waals surface area contributed by atoms with Gasteiger partial charge in [-0.15, -0.1) is 0 Å². The molecule has 6 aliphatic rings. The molecule has 6 rings (SSSR count). The van der Waals surface area contributed by atoms with Crippen molar-refractivity contribution < 1.29 is 29.3 Å². The predicted octanol–water partition coefficient (Wildman–Crippen LogP) is 1.57. The molecule has 2 unspecified atom stereocenters. The van der Waals surface area contributed by atoms with Crippen LogP contribution in [0.25, 0.3) is 0 Å². The summed E-state index contributed by atoms with van der Waals surface area (Å²) in [5.41, 5.74) is -1.49. The minimum Gasteiger partial charge on any atom is -0.504 e. The number of nitrogens with one attached hydrogen (secondary N) is 1. The summed E-state index contributed by atoms with van der Waals surface area (Å²) in [6, 6.07) is -0.264. The molecule has 3 saturated carbocycles. The molecule has 2 heterocycles. The van der Waals surface area contributed by atoms with Gasteiger partial charge in [-0.2, -0.15) is 0 Å². The summed E-state index contributed by atoms with van der Waals surface area (Å²) in [6.07, 6.45) is 11.0. The van der Waals surface area contributed by atoms with Gasteiger partial charge in [-0.25, -0.2) is 4.79 Å². The van der Waals surface area contributed by atoms with Gasteiger partial charge in [0.1, 0.15) is 11.9 Å². The Labute approximate surface area is 193 Å². The number of esters is 1. The molecule has 8 heteroatoms. The average Bonchev–Trinajstić information content (AvgIpc) is 3.54. The Morgan fingerprint density at radius 2 is 2.12 bits per heavy atom. The molecule has 33 heavy (non-hydrogen) atoms. The maximum atomic E-state index is 12.6. The first-order chi connectivity index (χ1) is 15.9. The van der Waals surface area contributed by atoms with E-state index in [0.29, 0.717) is 18.6 Å². The number of likely N-dealkylation sites (tertiary alicyclic amines) is 1. The second kappa shape index (κ2) is 7.34. The van der Waals surface area contributed by atoms with Crippen molar-refractivity contribution in [1.82, 2.24) is 10.2 Å². The van der Waals surface area contributed by atoms with E-state index in [-0.39, 0.29) is 29.7 Å². The Morgan fingerprint density at radius 3 is 2.88 bits per heavy atom. The van der Waals surface area contributed by atoms with E-state index in [9.17, 15) is 19.8 Å². The minimum atomic E-state index is -0.928. The largest absolute Gasteiger partial charge is 0.504 e. The van der Waals surface area contributed by atoms with Crippen LogP contribution < -0.4 is 5.32 Å². The van der Waals surface area contributed by atoms with Gasteiger partial charge < -0.3 is 25.0 Å². The molecule has 0 aromatic rings. The molecule has 1 spiro atoms. The van der Waals surface area contributed by atoms with Crippen LogP contribution in [0.15, 0.2) is 35.8 Å². The molecule has 178 valence electrons. The molecule has 0 aromatic carbocycles. The zero-order chi connectivity index (χ0) is 23.0. The first-order valence-corrected chi connectivity index (χ1v) is 12.2. The van der Waals surface area contributed by atoms with Crippen molar-refractivity contribution in [2.24, 2.45) is 23.2 Å². The van der Waals surface area contributed by atoms with Crippen LogP contribution in [-0.2, 0) is 19.1 Å². The molecule has 4 aliphatic carbocycles. The molecule has 0 radical (unpaired) electrons. The molecular weight excluding hydrogens is 424 g/mol. The smallest absolute Gasteiger partial charge is 0.330 e. The van der Waals surface area contributed by atoms with Gasteiger partial charge in [-0.3, -0.25) is 9.69 Å². The highest BCUT2D eigenvalue weighted by molar-refractivity contribution is 5.94. The van der Waals surface area contributed by atoms with E-state index in [0.717, 1.165) is 37.9 Å². The molecule has 3 N–H and O–H groups in total. The first-order valence-electron chi connectivity index (χ1n) is 12.2. The second-order valence-electron chi connectivity index (χ2n) is 10.7. The van der Waals surface area contributed by atoms with E-state index in [1.165, 1.54) is 26.0 Å². The first kappa shape index (κ1) is 21.2. The maximum absolute atomic E-state index is 12.6. The van der Waals surface area contributed by atoms with Gasteiger partial charge in [0.25, 0.3) is 0 Å². The van der Waals surface area contributed by atoms with Gasteiger partial charge in [-0.1, -0.05) is 6.08 Å². The highest BCUT2D eigenvalue weighted by Crippen LogP contribution is 2.69. The number of piperidine rings is 1. The SMILES string of the molecule is COC(=O)/C=C/C(=O)N[C@@H]1CC[C@@]2(O)[C@H]3CC4C=CC(O)=C5O[C@@H]1[C@]2(CCN3CC1CC1)C54. The molecular formula is C25H32N2O6. The lowest BCUT2D eigenvalue weighted by molar-refractivity contribution is -0.254. The number of amides is 1. The average molecular weight is 457 g/mol. The van der Waals surface area contributed by atoms with Crippen LogP contribution in [0.1, 0.15) is 38.5 Å².